The van der Waals surface area contributed by atoms with Crippen molar-refractivity contribution in [3.05, 3.63) is 77.1 Å². The highest BCUT2D eigenvalue weighted by Gasteiger charge is 2.07. The third kappa shape index (κ3) is 4.46. The molecule has 3 aromatic rings. The number of carbonyl (C=O) groups is 1. The SMILES string of the molecule is O=C(NO)c1ccc(CNCc2nnnn2Cc2ccccc2)cc1. The van der Waals surface area contributed by atoms with Crippen LogP contribution in [0.2, 0.25) is 0 Å². The van der Waals surface area contributed by atoms with Crippen molar-refractivity contribution in [3.63, 3.8) is 0 Å². The summed E-state index contributed by atoms with van der Waals surface area (Å²) in [7, 11) is 0. The molecule has 1 aromatic heterocycles. The Hall–Kier alpha value is -3.10. The summed E-state index contributed by atoms with van der Waals surface area (Å²) < 4.78 is 1.76. The maximum atomic E-state index is 11.3. The number of hydroxylamine groups is 1. The highest BCUT2D eigenvalue weighted by atomic mass is 16.5. The topological polar surface area (TPSA) is 105 Å². The number of tetrazole rings is 1. The van der Waals surface area contributed by atoms with Gasteiger partial charge in [-0.05, 0) is 33.7 Å². The standard InChI is InChI=1S/C17H18N6O2/c24-17(20-25)15-8-6-13(7-9-15)10-18-11-16-19-21-22-23(16)12-14-4-2-1-3-5-14/h1-9,18,25H,10-12H2,(H,20,24). The van der Waals surface area contributed by atoms with E-state index in [9.17, 15) is 4.79 Å². The van der Waals surface area contributed by atoms with Gasteiger partial charge in [0.15, 0.2) is 5.82 Å². The smallest absolute Gasteiger partial charge is 0.274 e. The van der Waals surface area contributed by atoms with Gasteiger partial charge in [-0.2, -0.15) is 0 Å². The molecule has 0 radical (unpaired) electrons. The van der Waals surface area contributed by atoms with E-state index in [0.717, 1.165) is 17.0 Å². The maximum absolute atomic E-state index is 11.3. The fourth-order valence-corrected chi connectivity index (χ4v) is 2.39. The van der Waals surface area contributed by atoms with E-state index in [1.807, 2.05) is 42.5 Å². The van der Waals surface area contributed by atoms with E-state index >= 15 is 0 Å². The quantitative estimate of drug-likeness (QED) is 0.441. The van der Waals surface area contributed by atoms with Crippen molar-refractivity contribution in [1.82, 2.24) is 31.0 Å². The molecular weight excluding hydrogens is 320 g/mol. The molecule has 0 saturated heterocycles. The lowest BCUT2D eigenvalue weighted by Gasteiger charge is -2.07. The molecule has 0 bridgehead atoms. The molecule has 0 aliphatic carbocycles. The number of hydrogen-bond acceptors (Lipinski definition) is 6. The first-order chi connectivity index (χ1) is 12.3. The first-order valence-corrected chi connectivity index (χ1v) is 7.79. The first-order valence-electron chi connectivity index (χ1n) is 7.79. The Bertz CT molecular complexity index is 817. The molecule has 1 heterocycles. The van der Waals surface area contributed by atoms with E-state index in [0.29, 0.717) is 25.2 Å². The Balaban J connectivity index is 1.54. The van der Waals surface area contributed by atoms with Crippen molar-refractivity contribution < 1.29 is 10.0 Å². The molecule has 2 aromatic carbocycles. The largest absolute Gasteiger partial charge is 0.306 e. The molecule has 8 heteroatoms. The van der Waals surface area contributed by atoms with Crippen LogP contribution in [0.25, 0.3) is 0 Å². The van der Waals surface area contributed by atoms with Crippen molar-refractivity contribution in [2.45, 2.75) is 19.6 Å². The van der Waals surface area contributed by atoms with Crippen LogP contribution in [0.1, 0.15) is 27.3 Å². The molecule has 25 heavy (non-hydrogen) atoms. The van der Waals surface area contributed by atoms with E-state index in [1.54, 1.807) is 22.3 Å². The molecule has 0 aliphatic heterocycles. The Labute approximate surface area is 144 Å². The molecule has 0 saturated carbocycles. The summed E-state index contributed by atoms with van der Waals surface area (Å²) in [6, 6.07) is 17.0. The molecule has 0 aliphatic rings. The second kappa shape index (κ2) is 8.13. The van der Waals surface area contributed by atoms with Gasteiger partial charge in [0.2, 0.25) is 0 Å². The van der Waals surface area contributed by atoms with Gasteiger partial charge in [0.05, 0.1) is 13.1 Å². The van der Waals surface area contributed by atoms with Crippen LogP contribution in [-0.4, -0.2) is 31.3 Å². The summed E-state index contributed by atoms with van der Waals surface area (Å²) >= 11 is 0. The number of nitrogens with zero attached hydrogens (tertiary/aromatic N) is 4. The average Bonchev–Trinajstić information content (AvgIpc) is 3.09. The van der Waals surface area contributed by atoms with Crippen LogP contribution in [0.15, 0.2) is 54.6 Å². The van der Waals surface area contributed by atoms with Crippen LogP contribution < -0.4 is 10.8 Å². The number of aromatic nitrogens is 4. The molecule has 8 nitrogen and oxygen atoms in total. The Morgan fingerprint density at radius 2 is 1.76 bits per heavy atom. The molecule has 0 spiro atoms. The van der Waals surface area contributed by atoms with E-state index < -0.39 is 5.91 Å². The van der Waals surface area contributed by atoms with Crippen LogP contribution in [0.5, 0.6) is 0 Å². The molecule has 3 rings (SSSR count). The second-order valence-corrected chi connectivity index (χ2v) is 5.48. The molecular formula is C17H18N6O2. The predicted molar refractivity (Wildman–Crippen MR) is 89.6 cm³/mol. The number of hydrogen-bond donors (Lipinski definition) is 3. The van der Waals surface area contributed by atoms with Crippen LogP contribution in [0.3, 0.4) is 0 Å². The first kappa shape index (κ1) is 16.7. The number of benzene rings is 2. The third-order valence-corrected chi connectivity index (χ3v) is 3.71. The maximum Gasteiger partial charge on any atom is 0.274 e. The van der Waals surface area contributed by atoms with Crippen molar-refractivity contribution in [2.75, 3.05) is 0 Å². The zero-order chi connectivity index (χ0) is 17.5. The van der Waals surface area contributed by atoms with Crippen molar-refractivity contribution >= 4 is 5.91 Å². The van der Waals surface area contributed by atoms with E-state index in [-0.39, 0.29) is 0 Å². The number of amides is 1. The minimum absolute atomic E-state index is 0.401. The monoisotopic (exact) mass is 338 g/mol. The van der Waals surface area contributed by atoms with Gasteiger partial charge in [0, 0.05) is 12.1 Å². The Morgan fingerprint density at radius 1 is 1.00 bits per heavy atom. The molecule has 1 amide bonds. The Kier molecular flexibility index (Phi) is 5.45. The Morgan fingerprint density at radius 3 is 2.48 bits per heavy atom. The highest BCUT2D eigenvalue weighted by molar-refractivity contribution is 5.93. The van der Waals surface area contributed by atoms with Gasteiger partial charge in [0.25, 0.3) is 5.91 Å². The lowest BCUT2D eigenvalue weighted by molar-refractivity contribution is 0.0706. The fourth-order valence-electron chi connectivity index (χ4n) is 2.39. The zero-order valence-electron chi connectivity index (χ0n) is 13.5. The van der Waals surface area contributed by atoms with E-state index in [1.165, 1.54) is 0 Å². The molecule has 0 fully saturated rings. The molecule has 128 valence electrons. The summed E-state index contributed by atoms with van der Waals surface area (Å²) in [6.07, 6.45) is 0. The van der Waals surface area contributed by atoms with E-state index in [2.05, 4.69) is 20.8 Å². The van der Waals surface area contributed by atoms with Gasteiger partial charge in [-0.15, -0.1) is 5.10 Å². The summed E-state index contributed by atoms with van der Waals surface area (Å²) in [5.41, 5.74) is 4.15. The molecule has 0 atom stereocenters. The lowest BCUT2D eigenvalue weighted by Crippen LogP contribution is -2.19. The molecule has 3 N–H and O–H groups in total. The van der Waals surface area contributed by atoms with Gasteiger partial charge in [-0.1, -0.05) is 42.5 Å². The predicted octanol–water partition coefficient (Wildman–Crippen LogP) is 1.13. The summed E-state index contributed by atoms with van der Waals surface area (Å²) in [5, 5.41) is 23.7. The second-order valence-electron chi connectivity index (χ2n) is 5.48. The van der Waals surface area contributed by atoms with Crippen molar-refractivity contribution in [3.8, 4) is 0 Å². The van der Waals surface area contributed by atoms with Gasteiger partial charge in [0.1, 0.15) is 0 Å². The fraction of sp³-hybridized carbons (Fsp3) is 0.176. The van der Waals surface area contributed by atoms with E-state index in [4.69, 9.17) is 5.21 Å². The van der Waals surface area contributed by atoms with Gasteiger partial charge in [-0.25, -0.2) is 10.2 Å². The average molecular weight is 338 g/mol. The minimum Gasteiger partial charge on any atom is -0.306 e. The normalized spacial score (nSPS) is 10.6. The van der Waals surface area contributed by atoms with Crippen LogP contribution in [-0.2, 0) is 19.6 Å². The van der Waals surface area contributed by atoms with Crippen LogP contribution >= 0.6 is 0 Å². The summed E-state index contributed by atoms with van der Waals surface area (Å²) in [4.78, 5) is 11.3. The molecule has 0 unspecified atom stereocenters. The number of nitrogens with one attached hydrogen (secondary N) is 2. The zero-order valence-corrected chi connectivity index (χ0v) is 13.5. The number of carbonyl (C=O) groups excluding carboxylic acids is 1. The highest BCUT2D eigenvalue weighted by Crippen LogP contribution is 2.06. The number of rotatable bonds is 7. The van der Waals surface area contributed by atoms with Gasteiger partial charge < -0.3 is 5.32 Å². The van der Waals surface area contributed by atoms with Gasteiger partial charge in [-0.3, -0.25) is 10.0 Å². The van der Waals surface area contributed by atoms with Crippen LogP contribution in [0, 0.1) is 0 Å². The third-order valence-electron chi connectivity index (χ3n) is 3.71. The van der Waals surface area contributed by atoms with Crippen LogP contribution in [0.4, 0.5) is 0 Å². The van der Waals surface area contributed by atoms with Crippen molar-refractivity contribution in [2.24, 2.45) is 0 Å². The summed E-state index contributed by atoms with van der Waals surface area (Å²) in [6.45, 7) is 1.76. The van der Waals surface area contributed by atoms with Crippen molar-refractivity contribution in [1.29, 1.82) is 0 Å². The lowest BCUT2D eigenvalue weighted by atomic mass is 10.1. The minimum atomic E-state index is -0.528. The van der Waals surface area contributed by atoms with Gasteiger partial charge >= 0.3 is 0 Å². The summed E-state index contributed by atoms with van der Waals surface area (Å²) in [5.74, 6) is 0.222.